The molecule has 1 unspecified atom stereocenters. The van der Waals surface area contributed by atoms with Crippen LogP contribution in [-0.2, 0) is 19.7 Å². The molecule has 11 heteroatoms. The molecule has 1 fully saturated rings. The van der Waals surface area contributed by atoms with Crippen molar-refractivity contribution >= 4 is 27.7 Å². The van der Waals surface area contributed by atoms with E-state index in [1.54, 1.807) is 4.90 Å². The second-order valence-corrected chi connectivity index (χ2v) is 10.1. The summed E-state index contributed by atoms with van der Waals surface area (Å²) in [6.07, 6.45) is 12.4. The summed E-state index contributed by atoms with van der Waals surface area (Å²) in [6.45, 7) is 2.56. The Balaban J connectivity index is 1.34. The Kier molecular flexibility index (Phi) is 4.97. The molecule has 0 spiro atoms. The number of allylic oxidation sites excluding steroid dienone is 4. The fourth-order valence-electron chi connectivity index (χ4n) is 4.47. The Hall–Kier alpha value is -2.53. The van der Waals surface area contributed by atoms with E-state index in [1.165, 1.54) is 34.0 Å². The number of halogens is 1. The Morgan fingerprint density at radius 3 is 2.74 bits per heavy atom. The highest BCUT2D eigenvalue weighted by atomic mass is 35.5. The van der Waals surface area contributed by atoms with Crippen LogP contribution in [0.2, 0.25) is 0 Å². The first-order chi connectivity index (χ1) is 14.9. The summed E-state index contributed by atoms with van der Waals surface area (Å²) >= 11 is 6.07. The van der Waals surface area contributed by atoms with Gasteiger partial charge in [-0.1, -0.05) is 29.8 Å². The van der Waals surface area contributed by atoms with Crippen LogP contribution in [0.25, 0.3) is 0 Å². The van der Waals surface area contributed by atoms with Crippen LogP contribution in [0.15, 0.2) is 69.7 Å². The molecule has 4 aliphatic heterocycles. The number of carbonyl (C=O) groups is 1. The van der Waals surface area contributed by atoms with Crippen LogP contribution in [0, 0.1) is 0 Å². The molecule has 5 rings (SSSR count). The summed E-state index contributed by atoms with van der Waals surface area (Å²) in [5.41, 5.74) is 4.83. The third-order valence-electron chi connectivity index (χ3n) is 5.99. The normalized spacial score (nSPS) is 26.7. The zero-order valence-corrected chi connectivity index (χ0v) is 18.3. The van der Waals surface area contributed by atoms with Gasteiger partial charge in [0.05, 0.1) is 12.2 Å². The van der Waals surface area contributed by atoms with Gasteiger partial charge in [0.2, 0.25) is 10.0 Å². The molecule has 4 heterocycles. The smallest absolute Gasteiger partial charge is 0.415 e. The maximum absolute atomic E-state index is 13.3. The first-order valence-electron chi connectivity index (χ1n) is 9.92. The molecule has 0 bridgehead atoms. The summed E-state index contributed by atoms with van der Waals surface area (Å²) < 4.78 is 33.3. The molecule has 31 heavy (non-hydrogen) atoms. The molecule has 1 amide bonds. The van der Waals surface area contributed by atoms with Gasteiger partial charge < -0.3 is 4.74 Å². The highest BCUT2D eigenvalue weighted by Crippen LogP contribution is 2.37. The molecule has 5 aliphatic rings. The minimum atomic E-state index is -3.77. The van der Waals surface area contributed by atoms with Crippen LogP contribution in [0.4, 0.5) is 4.79 Å². The standard InChI is InChI=1S/C20H21ClN4O5S/c1-13-3-2-4-14-12-29-20(26)24(19(13)14)15-7-9-23(10-8-15)31(27,28)17-5-6-18(21)25-16(17)11-22-30-25/h2-6,11-12,15,19,22H,7-10H2,1H3. The second kappa shape index (κ2) is 7.56. The number of fused-ring (bicyclic) bond motifs is 2. The van der Waals surface area contributed by atoms with Crippen LogP contribution in [0.1, 0.15) is 19.8 Å². The number of ether oxygens (including phenoxy) is 1. The molecular weight excluding hydrogens is 444 g/mol. The number of sulfonamides is 1. The lowest BCUT2D eigenvalue weighted by Gasteiger charge is -2.44. The second-order valence-electron chi connectivity index (χ2n) is 7.77. The molecule has 0 aromatic carbocycles. The maximum atomic E-state index is 13.3. The fourth-order valence-corrected chi connectivity index (χ4v) is 6.28. The highest BCUT2D eigenvalue weighted by Gasteiger charge is 2.42. The Labute approximate surface area is 185 Å². The van der Waals surface area contributed by atoms with E-state index in [-0.39, 0.29) is 35.2 Å². The van der Waals surface area contributed by atoms with Crippen molar-refractivity contribution in [1.82, 2.24) is 19.7 Å². The van der Waals surface area contributed by atoms with Crippen LogP contribution in [0.5, 0.6) is 0 Å². The maximum Gasteiger partial charge on any atom is 0.415 e. The molecule has 9 nitrogen and oxygen atoms in total. The lowest BCUT2D eigenvalue weighted by atomic mass is 9.91. The topological polar surface area (TPSA) is 91.4 Å². The van der Waals surface area contributed by atoms with Crippen molar-refractivity contribution < 1.29 is 22.9 Å². The number of nitrogens with zero attached hydrogens (tertiary/aromatic N) is 3. The van der Waals surface area contributed by atoms with Gasteiger partial charge in [0, 0.05) is 24.7 Å². The molecule has 1 atom stereocenters. The van der Waals surface area contributed by atoms with E-state index in [1.807, 2.05) is 25.2 Å². The SMILES string of the molecule is CC1=CC=CC2=COC(=O)N(C3CCN(S(=O)(=O)C4=CC=C(Cl)N5ONC=C45)CC3)C12. The number of rotatable bonds is 3. The zero-order chi connectivity index (χ0) is 21.8. The quantitative estimate of drug-likeness (QED) is 0.642. The van der Waals surface area contributed by atoms with E-state index < -0.39 is 16.1 Å². The van der Waals surface area contributed by atoms with Crippen molar-refractivity contribution in [2.45, 2.75) is 31.8 Å². The molecule has 1 aliphatic carbocycles. The molecule has 164 valence electrons. The molecule has 1 saturated heterocycles. The summed E-state index contributed by atoms with van der Waals surface area (Å²) in [7, 11) is -3.77. The van der Waals surface area contributed by atoms with E-state index >= 15 is 0 Å². The monoisotopic (exact) mass is 464 g/mol. The summed E-state index contributed by atoms with van der Waals surface area (Å²) in [5, 5.41) is 1.48. The zero-order valence-electron chi connectivity index (χ0n) is 16.7. The summed E-state index contributed by atoms with van der Waals surface area (Å²) in [6, 6.07) is -0.294. The van der Waals surface area contributed by atoms with Crippen LogP contribution in [0.3, 0.4) is 0 Å². The van der Waals surface area contributed by atoms with Gasteiger partial charge in [0.1, 0.15) is 22.0 Å². The third kappa shape index (κ3) is 3.30. The van der Waals surface area contributed by atoms with Crippen molar-refractivity contribution in [2.24, 2.45) is 0 Å². The van der Waals surface area contributed by atoms with Crippen molar-refractivity contribution in [1.29, 1.82) is 0 Å². The molecule has 0 radical (unpaired) electrons. The Bertz CT molecular complexity index is 1110. The van der Waals surface area contributed by atoms with Crippen LogP contribution in [-0.4, -0.2) is 54.0 Å². The molecule has 0 aromatic heterocycles. The summed E-state index contributed by atoms with van der Waals surface area (Å²) in [4.78, 5) is 19.6. The average Bonchev–Trinajstić information content (AvgIpc) is 3.25. The van der Waals surface area contributed by atoms with Gasteiger partial charge in [0.15, 0.2) is 0 Å². The van der Waals surface area contributed by atoms with E-state index in [0.29, 0.717) is 18.5 Å². The van der Waals surface area contributed by atoms with Crippen molar-refractivity contribution in [3.8, 4) is 0 Å². The fraction of sp³-hybridized carbons (Fsp3) is 0.350. The van der Waals surface area contributed by atoms with Crippen LogP contribution >= 0.6 is 11.6 Å². The largest absolute Gasteiger partial charge is 0.418 e. The van der Waals surface area contributed by atoms with Crippen molar-refractivity contribution in [3.05, 3.63) is 69.7 Å². The van der Waals surface area contributed by atoms with Crippen molar-refractivity contribution in [3.63, 3.8) is 0 Å². The van der Waals surface area contributed by atoms with E-state index in [9.17, 15) is 13.2 Å². The number of hydroxylamine groups is 3. The van der Waals surface area contributed by atoms with E-state index in [2.05, 4.69) is 5.48 Å². The molecule has 1 N–H and O–H groups in total. The lowest BCUT2D eigenvalue weighted by Crippen LogP contribution is -2.55. The van der Waals surface area contributed by atoms with Crippen molar-refractivity contribution in [2.75, 3.05) is 13.1 Å². The molecular formula is C20H21ClN4O5S. The van der Waals surface area contributed by atoms with Gasteiger partial charge in [-0.05, 0) is 37.5 Å². The average molecular weight is 465 g/mol. The Morgan fingerprint density at radius 2 is 1.97 bits per heavy atom. The van der Waals surface area contributed by atoms with E-state index in [0.717, 1.165) is 11.1 Å². The van der Waals surface area contributed by atoms with Crippen LogP contribution < -0.4 is 5.48 Å². The number of amides is 1. The number of hydrogen-bond donors (Lipinski definition) is 1. The van der Waals surface area contributed by atoms with E-state index in [4.69, 9.17) is 21.3 Å². The predicted molar refractivity (Wildman–Crippen MR) is 113 cm³/mol. The first kappa shape index (κ1) is 20.4. The summed E-state index contributed by atoms with van der Waals surface area (Å²) in [5.74, 6) is 0. The predicted octanol–water partition coefficient (Wildman–Crippen LogP) is 2.57. The lowest BCUT2D eigenvalue weighted by molar-refractivity contribution is -0.117. The number of carbonyl (C=O) groups excluding carboxylic acids is 1. The number of nitrogens with one attached hydrogen (secondary N) is 1. The van der Waals surface area contributed by atoms with Gasteiger partial charge in [-0.3, -0.25) is 4.90 Å². The third-order valence-corrected chi connectivity index (χ3v) is 8.22. The minimum absolute atomic E-state index is 0.110. The first-order valence-corrected chi connectivity index (χ1v) is 11.7. The highest BCUT2D eigenvalue weighted by molar-refractivity contribution is 7.93. The molecule has 0 saturated carbocycles. The van der Waals surface area contributed by atoms with Gasteiger partial charge in [0.25, 0.3) is 0 Å². The van der Waals surface area contributed by atoms with Gasteiger partial charge in [-0.15, -0.1) is 0 Å². The van der Waals surface area contributed by atoms with Gasteiger partial charge in [-0.25, -0.2) is 18.7 Å². The number of cyclic esters (lactones) is 1. The molecule has 0 aromatic rings. The minimum Gasteiger partial charge on any atom is -0.418 e. The Morgan fingerprint density at radius 1 is 1.19 bits per heavy atom. The number of hydrogen-bond acceptors (Lipinski definition) is 7. The number of piperidine rings is 1. The van der Waals surface area contributed by atoms with Gasteiger partial charge in [-0.2, -0.15) is 14.3 Å². The van der Waals surface area contributed by atoms with Gasteiger partial charge >= 0.3 is 6.09 Å².